The number of benzene rings is 2. The molecule has 0 fully saturated rings. The van der Waals surface area contributed by atoms with Gasteiger partial charge in [0.1, 0.15) is 5.88 Å². The molecule has 5 heteroatoms. The van der Waals surface area contributed by atoms with E-state index in [1.807, 2.05) is 91.1 Å². The Kier molecular flexibility index (Phi) is 6.64. The molecule has 0 saturated carbocycles. The molecule has 3 heterocycles. The zero-order chi connectivity index (χ0) is 18.5. The largest absolute Gasteiger partial charge is 0.513 e. The Morgan fingerprint density at radius 3 is 2.46 bits per heavy atom. The third-order valence-electron chi connectivity index (χ3n) is 4.12. The number of para-hydroxylation sites is 1. The van der Waals surface area contributed by atoms with Crippen LogP contribution < -0.4 is 4.90 Å². The number of pyridine rings is 1. The van der Waals surface area contributed by atoms with E-state index in [4.69, 9.17) is 4.42 Å². The van der Waals surface area contributed by atoms with Crippen LogP contribution in [-0.2, 0) is 20.1 Å². The van der Waals surface area contributed by atoms with Gasteiger partial charge in [-0.2, -0.15) is 6.07 Å². The van der Waals surface area contributed by atoms with E-state index in [-0.39, 0.29) is 20.1 Å². The summed E-state index contributed by atoms with van der Waals surface area (Å²) in [5.41, 5.74) is 2.90. The van der Waals surface area contributed by atoms with Gasteiger partial charge in [0.25, 0.3) is 0 Å². The predicted octanol–water partition coefficient (Wildman–Crippen LogP) is 4.96. The van der Waals surface area contributed by atoms with E-state index in [1.165, 1.54) is 0 Å². The minimum Gasteiger partial charge on any atom is -0.513 e. The van der Waals surface area contributed by atoms with Crippen molar-refractivity contribution in [2.75, 3.05) is 18.6 Å². The molecule has 0 bridgehead atoms. The van der Waals surface area contributed by atoms with Crippen LogP contribution in [0.5, 0.6) is 0 Å². The molecule has 2 aromatic heterocycles. The van der Waals surface area contributed by atoms with Gasteiger partial charge < -0.3 is 19.2 Å². The molecule has 1 aliphatic heterocycles. The van der Waals surface area contributed by atoms with Gasteiger partial charge in [-0.3, -0.25) is 0 Å². The number of anilines is 1. The summed E-state index contributed by atoms with van der Waals surface area (Å²) in [5, 5.41) is 1.02. The molecular weight excluding hydrogens is 526 g/mol. The van der Waals surface area contributed by atoms with Crippen LogP contribution in [0.1, 0.15) is 0 Å². The predicted molar refractivity (Wildman–Crippen MR) is 108 cm³/mol. The maximum absolute atomic E-state index is 5.69. The summed E-state index contributed by atoms with van der Waals surface area (Å²) >= 11 is 0. The molecule has 4 nitrogen and oxygen atoms in total. The molecular formula is C23H19IrN3O-2. The number of hydrogen-bond acceptors (Lipinski definition) is 4. The maximum atomic E-state index is 5.69. The Labute approximate surface area is 178 Å². The van der Waals surface area contributed by atoms with E-state index in [0.29, 0.717) is 0 Å². The van der Waals surface area contributed by atoms with Gasteiger partial charge in [0, 0.05) is 51.3 Å². The molecule has 143 valence electrons. The molecule has 0 N–H and O–H groups in total. The maximum Gasteiger partial charge on any atom is 0.124 e. The van der Waals surface area contributed by atoms with E-state index in [9.17, 15) is 0 Å². The zero-order valence-electron chi connectivity index (χ0n) is 15.4. The molecule has 0 spiro atoms. The van der Waals surface area contributed by atoms with E-state index in [0.717, 1.165) is 34.8 Å². The first-order valence-electron chi connectivity index (χ1n) is 8.74. The van der Waals surface area contributed by atoms with E-state index < -0.39 is 0 Å². The summed E-state index contributed by atoms with van der Waals surface area (Å²) in [5.74, 6) is 0.775. The first-order chi connectivity index (χ1) is 13.3. The number of fused-ring (bicyclic) bond motifs is 1. The number of rotatable bonds is 2. The summed E-state index contributed by atoms with van der Waals surface area (Å²) < 4.78 is 5.69. The van der Waals surface area contributed by atoms with Gasteiger partial charge in [-0.15, -0.1) is 53.4 Å². The smallest absolute Gasteiger partial charge is 0.124 e. The van der Waals surface area contributed by atoms with Gasteiger partial charge in [0.05, 0.1) is 6.67 Å². The molecule has 0 aliphatic carbocycles. The number of hydrogen-bond donors (Lipinski definition) is 0. The molecule has 0 amide bonds. The quantitative estimate of drug-likeness (QED) is 0.334. The summed E-state index contributed by atoms with van der Waals surface area (Å²) in [7, 11) is 2.03. The first kappa shape index (κ1) is 19.9. The average molecular weight is 546 g/mol. The normalized spacial score (nSPS) is 12.5. The Hall–Kier alpha value is -2.88. The van der Waals surface area contributed by atoms with Gasteiger partial charge in [0.2, 0.25) is 0 Å². The molecule has 1 radical (unpaired) electrons. The second-order valence-corrected chi connectivity index (χ2v) is 6.19. The van der Waals surface area contributed by atoms with Crippen LogP contribution in [0.15, 0.2) is 89.7 Å². The van der Waals surface area contributed by atoms with Crippen LogP contribution in [0.25, 0.3) is 22.2 Å². The molecule has 1 aliphatic rings. The van der Waals surface area contributed by atoms with E-state index >= 15 is 0 Å². The van der Waals surface area contributed by atoms with Gasteiger partial charge in [-0.05, 0) is 11.8 Å². The van der Waals surface area contributed by atoms with Crippen molar-refractivity contribution < 1.29 is 24.5 Å². The summed E-state index contributed by atoms with van der Waals surface area (Å²) in [6, 6.07) is 28.0. The fourth-order valence-electron chi connectivity index (χ4n) is 2.77. The van der Waals surface area contributed by atoms with Crippen LogP contribution in [0, 0.1) is 12.1 Å². The third kappa shape index (κ3) is 4.69. The monoisotopic (exact) mass is 546 g/mol. The fourth-order valence-corrected chi connectivity index (χ4v) is 2.77. The Morgan fingerprint density at radius 2 is 1.79 bits per heavy atom. The average Bonchev–Trinajstić information content (AvgIpc) is 3.36. The molecule has 0 saturated heterocycles. The summed E-state index contributed by atoms with van der Waals surface area (Å²) in [6.45, 7) is 0.816. The SMILES string of the molecule is CN1C=CN(c2[c-]c3ccccc3o2)C1.[Ir].[c-]1ccccc1-c1ccccn1. The fraction of sp³-hybridized carbons (Fsp3) is 0.0870. The van der Waals surface area contributed by atoms with Gasteiger partial charge in [-0.25, -0.2) is 0 Å². The zero-order valence-corrected chi connectivity index (χ0v) is 17.8. The van der Waals surface area contributed by atoms with Crippen molar-refractivity contribution in [1.82, 2.24) is 9.88 Å². The van der Waals surface area contributed by atoms with Crippen LogP contribution in [0.4, 0.5) is 5.88 Å². The Balaban J connectivity index is 0.000000159. The first-order valence-corrected chi connectivity index (χ1v) is 8.74. The summed E-state index contributed by atoms with van der Waals surface area (Å²) in [6.07, 6.45) is 5.80. The second-order valence-electron chi connectivity index (χ2n) is 6.19. The Bertz CT molecular complexity index is 961. The van der Waals surface area contributed by atoms with Crippen molar-refractivity contribution in [2.45, 2.75) is 0 Å². The van der Waals surface area contributed by atoms with E-state index in [2.05, 4.69) is 22.0 Å². The minimum atomic E-state index is 0. The Morgan fingerprint density at radius 1 is 0.964 bits per heavy atom. The molecule has 2 aromatic carbocycles. The number of aromatic nitrogens is 1. The van der Waals surface area contributed by atoms with Crippen LogP contribution in [-0.4, -0.2) is 23.6 Å². The van der Waals surface area contributed by atoms with Gasteiger partial charge in [0.15, 0.2) is 0 Å². The van der Waals surface area contributed by atoms with E-state index in [1.54, 1.807) is 6.20 Å². The summed E-state index contributed by atoms with van der Waals surface area (Å²) in [4.78, 5) is 8.33. The van der Waals surface area contributed by atoms with Crippen molar-refractivity contribution in [1.29, 1.82) is 0 Å². The molecule has 4 aromatic rings. The van der Waals surface area contributed by atoms with Crippen molar-refractivity contribution in [3.63, 3.8) is 0 Å². The van der Waals surface area contributed by atoms with Crippen LogP contribution in [0.2, 0.25) is 0 Å². The minimum absolute atomic E-state index is 0. The molecule has 28 heavy (non-hydrogen) atoms. The topological polar surface area (TPSA) is 32.5 Å². The second kappa shape index (κ2) is 9.36. The van der Waals surface area contributed by atoms with Crippen molar-refractivity contribution in [3.8, 4) is 11.3 Å². The van der Waals surface area contributed by atoms with Gasteiger partial charge >= 0.3 is 0 Å². The number of furan rings is 1. The molecule has 0 atom stereocenters. The van der Waals surface area contributed by atoms with Crippen molar-refractivity contribution in [3.05, 3.63) is 97.5 Å². The molecule has 0 unspecified atom stereocenters. The van der Waals surface area contributed by atoms with Gasteiger partial charge in [-0.1, -0.05) is 24.3 Å². The van der Waals surface area contributed by atoms with Crippen LogP contribution in [0.3, 0.4) is 0 Å². The standard InChI is InChI=1S/C12H11N2O.C11H8N.Ir/c1-13-6-7-14(9-13)12-8-10-4-2-3-5-11(10)15-12;1-2-6-10(7-3-1)11-8-4-5-9-12-11;/h2-7H,9H2,1H3;1-6,8-9H;/q2*-1;. The third-order valence-corrected chi connectivity index (χ3v) is 4.12. The number of nitrogens with zero attached hydrogens (tertiary/aromatic N) is 3. The van der Waals surface area contributed by atoms with Crippen molar-refractivity contribution in [2.24, 2.45) is 0 Å². The van der Waals surface area contributed by atoms with Crippen LogP contribution >= 0.6 is 0 Å². The van der Waals surface area contributed by atoms with Crippen molar-refractivity contribution >= 4 is 16.9 Å². The molecule has 5 rings (SSSR count).